The highest BCUT2D eigenvalue weighted by Gasteiger charge is 2.44. The topological polar surface area (TPSA) is 52.6 Å². The highest BCUT2D eigenvalue weighted by molar-refractivity contribution is 5.95. The van der Waals surface area contributed by atoms with Crippen molar-refractivity contribution in [2.45, 2.75) is 47.5 Å². The molecule has 0 aromatic heterocycles. The van der Waals surface area contributed by atoms with Gasteiger partial charge in [-0.15, -0.1) is 0 Å². The standard InChI is InChI=1S/C17H28O4/c1-6-20-15(18)14(16(19)21-7-2)13(12-8-9-12)10-11-17(3,4)5/h10-14H,6-9H2,1-5H3/b11-10+. The van der Waals surface area contributed by atoms with Gasteiger partial charge in [0.15, 0.2) is 5.92 Å². The molecule has 0 spiro atoms. The Morgan fingerprint density at radius 3 is 1.90 bits per heavy atom. The lowest BCUT2D eigenvalue weighted by molar-refractivity contribution is -0.163. The second-order valence-electron chi connectivity index (χ2n) is 6.62. The number of hydrogen-bond acceptors (Lipinski definition) is 4. The third-order valence-electron chi connectivity index (χ3n) is 3.45. The van der Waals surface area contributed by atoms with Gasteiger partial charge < -0.3 is 9.47 Å². The number of carbonyl (C=O) groups excluding carboxylic acids is 2. The van der Waals surface area contributed by atoms with Crippen LogP contribution in [0.2, 0.25) is 0 Å². The van der Waals surface area contributed by atoms with Gasteiger partial charge in [0.25, 0.3) is 0 Å². The molecule has 0 saturated heterocycles. The molecule has 0 aliphatic heterocycles. The maximum Gasteiger partial charge on any atom is 0.320 e. The Bertz CT molecular complexity index is 370. The largest absolute Gasteiger partial charge is 0.465 e. The van der Waals surface area contributed by atoms with Crippen LogP contribution in [-0.2, 0) is 19.1 Å². The molecule has 120 valence electrons. The van der Waals surface area contributed by atoms with Crippen LogP contribution in [0.15, 0.2) is 12.2 Å². The molecular formula is C17H28O4. The van der Waals surface area contributed by atoms with Gasteiger partial charge in [0.05, 0.1) is 13.2 Å². The van der Waals surface area contributed by atoms with Crippen molar-refractivity contribution in [1.82, 2.24) is 0 Å². The summed E-state index contributed by atoms with van der Waals surface area (Å²) < 4.78 is 10.2. The first-order valence-corrected chi connectivity index (χ1v) is 7.82. The highest BCUT2D eigenvalue weighted by atomic mass is 16.6. The van der Waals surface area contributed by atoms with E-state index in [4.69, 9.17) is 9.47 Å². The van der Waals surface area contributed by atoms with Crippen LogP contribution in [0, 0.1) is 23.2 Å². The summed E-state index contributed by atoms with van der Waals surface area (Å²) in [6.45, 7) is 10.3. The van der Waals surface area contributed by atoms with E-state index in [9.17, 15) is 9.59 Å². The van der Waals surface area contributed by atoms with Crippen LogP contribution < -0.4 is 0 Å². The van der Waals surface area contributed by atoms with Crippen molar-refractivity contribution in [3.63, 3.8) is 0 Å². The van der Waals surface area contributed by atoms with Crippen LogP contribution in [0.4, 0.5) is 0 Å². The molecule has 1 aliphatic carbocycles. The Kier molecular flexibility index (Phi) is 6.43. The maximum absolute atomic E-state index is 12.2. The lowest BCUT2D eigenvalue weighted by Crippen LogP contribution is -2.35. The van der Waals surface area contributed by atoms with Crippen molar-refractivity contribution in [2.24, 2.45) is 23.2 Å². The molecule has 21 heavy (non-hydrogen) atoms. The molecular weight excluding hydrogens is 268 g/mol. The Morgan fingerprint density at radius 1 is 1.10 bits per heavy atom. The van der Waals surface area contributed by atoms with Crippen molar-refractivity contribution in [3.05, 3.63) is 12.2 Å². The molecule has 0 heterocycles. The van der Waals surface area contributed by atoms with E-state index in [1.807, 2.05) is 6.08 Å². The summed E-state index contributed by atoms with van der Waals surface area (Å²) in [5, 5.41) is 0. The Morgan fingerprint density at radius 2 is 1.57 bits per heavy atom. The summed E-state index contributed by atoms with van der Waals surface area (Å²) in [6, 6.07) is 0. The SMILES string of the molecule is CCOC(=O)C(C(=O)OCC)C(/C=C/C(C)(C)C)C1CC1. The zero-order chi connectivity index (χ0) is 16.0. The molecule has 0 aromatic rings. The van der Waals surface area contributed by atoms with Crippen LogP contribution in [-0.4, -0.2) is 25.2 Å². The van der Waals surface area contributed by atoms with Crippen molar-refractivity contribution < 1.29 is 19.1 Å². The van der Waals surface area contributed by atoms with E-state index < -0.39 is 17.9 Å². The zero-order valence-corrected chi connectivity index (χ0v) is 13.8. The van der Waals surface area contributed by atoms with Crippen molar-refractivity contribution in [1.29, 1.82) is 0 Å². The van der Waals surface area contributed by atoms with Gasteiger partial charge in [-0.25, -0.2) is 0 Å². The normalized spacial score (nSPS) is 17.0. The highest BCUT2D eigenvalue weighted by Crippen LogP contribution is 2.42. The number of esters is 2. The molecule has 1 atom stereocenters. The van der Waals surface area contributed by atoms with Crippen LogP contribution in [0.1, 0.15) is 47.5 Å². The first kappa shape index (κ1) is 17.7. The number of hydrogen-bond donors (Lipinski definition) is 0. The Labute approximate surface area is 127 Å². The number of carbonyl (C=O) groups is 2. The summed E-state index contributed by atoms with van der Waals surface area (Å²) >= 11 is 0. The van der Waals surface area contributed by atoms with Gasteiger partial charge >= 0.3 is 11.9 Å². The molecule has 1 saturated carbocycles. The van der Waals surface area contributed by atoms with E-state index >= 15 is 0 Å². The monoisotopic (exact) mass is 296 g/mol. The van der Waals surface area contributed by atoms with Crippen LogP contribution >= 0.6 is 0 Å². The van der Waals surface area contributed by atoms with Gasteiger partial charge in [-0.1, -0.05) is 32.9 Å². The second-order valence-corrected chi connectivity index (χ2v) is 6.62. The maximum atomic E-state index is 12.2. The van der Waals surface area contributed by atoms with E-state index in [1.54, 1.807) is 13.8 Å². The van der Waals surface area contributed by atoms with E-state index in [0.717, 1.165) is 12.8 Å². The average molecular weight is 296 g/mol. The number of ether oxygens (including phenoxy) is 2. The first-order valence-electron chi connectivity index (χ1n) is 7.82. The minimum atomic E-state index is -0.837. The van der Waals surface area contributed by atoms with Gasteiger partial charge in [-0.05, 0) is 38.0 Å². The Balaban J connectivity index is 2.97. The van der Waals surface area contributed by atoms with Gasteiger partial charge in [0.2, 0.25) is 0 Å². The summed E-state index contributed by atoms with van der Waals surface area (Å²) in [6.07, 6.45) is 6.18. The zero-order valence-electron chi connectivity index (χ0n) is 13.8. The van der Waals surface area contributed by atoms with Gasteiger partial charge in [-0.2, -0.15) is 0 Å². The third kappa shape index (κ3) is 5.90. The average Bonchev–Trinajstić information content (AvgIpc) is 3.17. The number of allylic oxidation sites excluding steroid dienone is 2. The van der Waals surface area contributed by atoms with Crippen molar-refractivity contribution >= 4 is 11.9 Å². The molecule has 1 aliphatic rings. The van der Waals surface area contributed by atoms with E-state index in [-0.39, 0.29) is 24.5 Å². The fraction of sp³-hybridized carbons (Fsp3) is 0.765. The summed E-state index contributed by atoms with van der Waals surface area (Å²) in [7, 11) is 0. The van der Waals surface area contributed by atoms with Crippen LogP contribution in [0.25, 0.3) is 0 Å². The number of rotatable bonds is 7. The van der Waals surface area contributed by atoms with Crippen molar-refractivity contribution in [2.75, 3.05) is 13.2 Å². The predicted molar refractivity (Wildman–Crippen MR) is 81.6 cm³/mol. The summed E-state index contributed by atoms with van der Waals surface area (Å²) in [5.74, 6) is -1.52. The minimum Gasteiger partial charge on any atom is -0.465 e. The molecule has 4 nitrogen and oxygen atoms in total. The molecule has 0 N–H and O–H groups in total. The van der Waals surface area contributed by atoms with E-state index in [0.29, 0.717) is 5.92 Å². The van der Waals surface area contributed by atoms with E-state index in [2.05, 4.69) is 26.8 Å². The molecule has 1 rings (SSSR count). The Hall–Kier alpha value is -1.32. The fourth-order valence-electron chi connectivity index (χ4n) is 2.30. The van der Waals surface area contributed by atoms with E-state index in [1.165, 1.54) is 0 Å². The molecule has 0 aromatic carbocycles. The van der Waals surface area contributed by atoms with Gasteiger partial charge in [0, 0.05) is 5.92 Å². The van der Waals surface area contributed by atoms with Gasteiger partial charge in [0.1, 0.15) is 0 Å². The predicted octanol–water partition coefficient (Wildman–Crippen LogP) is 3.36. The van der Waals surface area contributed by atoms with Gasteiger partial charge in [-0.3, -0.25) is 9.59 Å². The molecule has 0 amide bonds. The molecule has 4 heteroatoms. The summed E-state index contributed by atoms with van der Waals surface area (Å²) in [5.41, 5.74) is 0.0149. The third-order valence-corrected chi connectivity index (χ3v) is 3.45. The molecule has 0 radical (unpaired) electrons. The minimum absolute atomic E-state index is 0.0149. The molecule has 1 unspecified atom stereocenters. The molecule has 0 bridgehead atoms. The molecule has 1 fully saturated rings. The quantitative estimate of drug-likeness (QED) is 0.411. The lowest BCUT2D eigenvalue weighted by Gasteiger charge is -2.23. The van der Waals surface area contributed by atoms with Crippen molar-refractivity contribution in [3.8, 4) is 0 Å². The second kappa shape index (κ2) is 7.62. The summed E-state index contributed by atoms with van der Waals surface area (Å²) in [4.78, 5) is 24.4. The van der Waals surface area contributed by atoms with Crippen LogP contribution in [0.3, 0.4) is 0 Å². The smallest absolute Gasteiger partial charge is 0.320 e. The lowest BCUT2D eigenvalue weighted by atomic mass is 9.84. The first-order chi connectivity index (χ1) is 9.80. The van der Waals surface area contributed by atoms with Crippen LogP contribution in [0.5, 0.6) is 0 Å². The fourth-order valence-corrected chi connectivity index (χ4v) is 2.30.